The maximum absolute atomic E-state index is 5.85. The first-order valence-electron chi connectivity index (χ1n) is 7.25. The molecule has 2 N–H and O–H groups in total. The van der Waals surface area contributed by atoms with Crippen LogP contribution < -0.4 is 5.73 Å². The molecule has 0 fully saturated rings. The van der Waals surface area contributed by atoms with Crippen molar-refractivity contribution in [1.29, 1.82) is 0 Å². The molecule has 0 saturated heterocycles. The Kier molecular flexibility index (Phi) is 22.7. The Morgan fingerprint density at radius 1 is 1.24 bits per heavy atom. The Balaban J connectivity index is -0.000000106. The zero-order valence-corrected chi connectivity index (χ0v) is 13.4. The van der Waals surface area contributed by atoms with Gasteiger partial charge >= 0.3 is 0 Å². The van der Waals surface area contributed by atoms with Gasteiger partial charge in [0, 0.05) is 7.47 Å². The molecule has 1 heteroatoms. The van der Waals surface area contributed by atoms with Crippen LogP contribution in [0, 0.1) is 0 Å². The maximum Gasteiger partial charge on any atom is 0.0297 e. The van der Waals surface area contributed by atoms with Gasteiger partial charge in [-0.2, -0.15) is 0 Å². The minimum atomic E-state index is 0. The Morgan fingerprint density at radius 3 is 1.88 bits per heavy atom. The van der Waals surface area contributed by atoms with Gasteiger partial charge < -0.3 is 5.73 Å². The summed E-state index contributed by atoms with van der Waals surface area (Å²) >= 11 is 0. The Hall–Kier alpha value is -0.560. The molecule has 0 aromatic rings. The summed E-state index contributed by atoms with van der Waals surface area (Å²) in [7, 11) is 0. The molecule has 0 heterocycles. The van der Waals surface area contributed by atoms with Crippen molar-refractivity contribution in [2.75, 3.05) is 0 Å². The molecular weight excluding hydrogens is 206 g/mol. The molecule has 1 nitrogen and oxygen atoms in total. The van der Waals surface area contributed by atoms with E-state index in [-0.39, 0.29) is 1.43 Å². The van der Waals surface area contributed by atoms with Gasteiger partial charge in [0.15, 0.2) is 0 Å². The largest absolute Gasteiger partial charge is 0.324 e. The monoisotopic (exact) mass is 243 g/mol. The van der Waals surface area contributed by atoms with Gasteiger partial charge in [-0.1, -0.05) is 65.7 Å². The van der Waals surface area contributed by atoms with Crippen molar-refractivity contribution in [3.8, 4) is 0 Å². The molecular formula is C16H37N. The van der Waals surface area contributed by atoms with E-state index >= 15 is 0 Å². The van der Waals surface area contributed by atoms with E-state index in [0.29, 0.717) is 6.04 Å². The summed E-state index contributed by atoms with van der Waals surface area (Å²) in [6.07, 6.45) is 7.75. The van der Waals surface area contributed by atoms with Crippen LogP contribution in [-0.4, -0.2) is 6.04 Å². The number of hydrogen-bond acceptors (Lipinski definition) is 1. The molecule has 0 aromatic heterocycles. The average Bonchev–Trinajstić information content (AvgIpc) is 2.68. The normalized spacial score (nSPS) is 17.6. The lowest BCUT2D eigenvalue weighted by atomic mass is 10.1. The van der Waals surface area contributed by atoms with Crippen molar-refractivity contribution in [2.24, 2.45) is 5.73 Å². The molecule has 0 bridgehead atoms. The van der Waals surface area contributed by atoms with Crippen LogP contribution in [0.3, 0.4) is 0 Å². The van der Waals surface area contributed by atoms with Crippen molar-refractivity contribution < 1.29 is 1.43 Å². The van der Waals surface area contributed by atoms with Crippen LogP contribution in [0.15, 0.2) is 23.3 Å². The SMILES string of the molecule is C/C=C\C1=C(C)CCC1N.CC.CC.CCC.[HH]. The third-order valence-electron chi connectivity index (χ3n) is 2.07. The minimum Gasteiger partial charge on any atom is -0.324 e. The van der Waals surface area contributed by atoms with E-state index in [1.54, 1.807) is 0 Å². The van der Waals surface area contributed by atoms with Crippen LogP contribution in [0.5, 0.6) is 0 Å². The first kappa shape index (κ1) is 21.7. The number of nitrogens with two attached hydrogens (primary N) is 1. The Labute approximate surface area is 112 Å². The lowest BCUT2D eigenvalue weighted by Gasteiger charge is -2.03. The highest BCUT2D eigenvalue weighted by Gasteiger charge is 2.16. The lowest BCUT2D eigenvalue weighted by molar-refractivity contribution is 0.758. The van der Waals surface area contributed by atoms with Crippen molar-refractivity contribution in [1.82, 2.24) is 0 Å². The van der Waals surface area contributed by atoms with Crippen LogP contribution >= 0.6 is 0 Å². The van der Waals surface area contributed by atoms with Gasteiger partial charge in [0.25, 0.3) is 0 Å². The van der Waals surface area contributed by atoms with E-state index in [9.17, 15) is 0 Å². The molecule has 0 saturated carbocycles. The Morgan fingerprint density at radius 2 is 1.65 bits per heavy atom. The molecule has 0 radical (unpaired) electrons. The summed E-state index contributed by atoms with van der Waals surface area (Å²) in [5.74, 6) is 0. The van der Waals surface area contributed by atoms with Gasteiger partial charge in [-0.3, -0.25) is 0 Å². The molecule has 1 unspecified atom stereocenters. The predicted octanol–water partition coefficient (Wildman–Crippen LogP) is 5.71. The molecule has 106 valence electrons. The van der Waals surface area contributed by atoms with E-state index in [2.05, 4.69) is 32.9 Å². The summed E-state index contributed by atoms with van der Waals surface area (Å²) in [5.41, 5.74) is 8.66. The third-order valence-corrected chi connectivity index (χ3v) is 2.07. The summed E-state index contributed by atoms with van der Waals surface area (Å²) < 4.78 is 0. The zero-order chi connectivity index (χ0) is 14.3. The fourth-order valence-electron chi connectivity index (χ4n) is 1.43. The zero-order valence-electron chi connectivity index (χ0n) is 13.4. The van der Waals surface area contributed by atoms with Crippen LogP contribution in [-0.2, 0) is 0 Å². The first-order chi connectivity index (χ1) is 8.17. The van der Waals surface area contributed by atoms with E-state index in [4.69, 9.17) is 5.73 Å². The van der Waals surface area contributed by atoms with Gasteiger partial charge in [-0.15, -0.1) is 0 Å². The second-order valence-electron chi connectivity index (χ2n) is 3.59. The van der Waals surface area contributed by atoms with Crippen LogP contribution in [0.25, 0.3) is 0 Å². The van der Waals surface area contributed by atoms with E-state index in [1.165, 1.54) is 24.0 Å². The molecule has 1 aliphatic carbocycles. The smallest absolute Gasteiger partial charge is 0.0297 e. The van der Waals surface area contributed by atoms with Crippen molar-refractivity contribution in [2.45, 2.75) is 80.7 Å². The van der Waals surface area contributed by atoms with Crippen LogP contribution in [0.4, 0.5) is 0 Å². The highest BCUT2D eigenvalue weighted by atomic mass is 14.6. The minimum absolute atomic E-state index is 0. The lowest BCUT2D eigenvalue weighted by Crippen LogP contribution is -2.17. The van der Waals surface area contributed by atoms with Crippen molar-refractivity contribution in [3.63, 3.8) is 0 Å². The van der Waals surface area contributed by atoms with Crippen LogP contribution in [0.1, 0.15) is 76.1 Å². The summed E-state index contributed by atoms with van der Waals surface area (Å²) in [4.78, 5) is 0. The average molecular weight is 243 g/mol. The van der Waals surface area contributed by atoms with E-state index in [0.717, 1.165) is 6.42 Å². The fourth-order valence-corrected chi connectivity index (χ4v) is 1.43. The molecule has 0 amide bonds. The standard InChI is InChI=1S/C9H15N.C3H8.2C2H6.H2/c1-3-4-8-7(2)5-6-9(8)10;1-3-2;2*1-2;/h3-4,9H,5-6,10H2,1-2H3;3H2,1-2H3;2*1-2H3;1H/b4-3-;;;;. The number of rotatable bonds is 1. The predicted molar refractivity (Wildman–Crippen MR) is 85.5 cm³/mol. The quantitative estimate of drug-likeness (QED) is 0.626. The van der Waals surface area contributed by atoms with Gasteiger partial charge in [0.05, 0.1) is 0 Å². The molecule has 0 aromatic carbocycles. The van der Waals surface area contributed by atoms with E-state index < -0.39 is 0 Å². The molecule has 17 heavy (non-hydrogen) atoms. The highest BCUT2D eigenvalue weighted by Crippen LogP contribution is 2.25. The summed E-state index contributed by atoms with van der Waals surface area (Å²) in [5, 5.41) is 0. The molecule has 1 aliphatic rings. The second kappa shape index (κ2) is 17.8. The number of hydrogen-bond donors (Lipinski definition) is 1. The third kappa shape index (κ3) is 11.7. The van der Waals surface area contributed by atoms with Gasteiger partial charge in [0.2, 0.25) is 0 Å². The van der Waals surface area contributed by atoms with Crippen molar-refractivity contribution in [3.05, 3.63) is 23.3 Å². The fraction of sp³-hybridized carbons (Fsp3) is 0.750. The first-order valence-corrected chi connectivity index (χ1v) is 7.25. The van der Waals surface area contributed by atoms with Crippen molar-refractivity contribution >= 4 is 0 Å². The van der Waals surface area contributed by atoms with E-state index in [1.807, 2.05) is 34.6 Å². The topological polar surface area (TPSA) is 26.0 Å². The van der Waals surface area contributed by atoms with Gasteiger partial charge in [0.1, 0.15) is 0 Å². The molecule has 1 rings (SSSR count). The molecule has 0 spiro atoms. The Bertz CT molecular complexity index is 195. The number of allylic oxidation sites excluding steroid dienone is 2. The summed E-state index contributed by atoms with van der Waals surface area (Å²) in [6, 6.07) is 0.302. The second-order valence-corrected chi connectivity index (χ2v) is 3.59. The van der Waals surface area contributed by atoms with Crippen LogP contribution in [0.2, 0.25) is 0 Å². The molecule has 1 atom stereocenters. The maximum atomic E-state index is 5.85. The highest BCUT2D eigenvalue weighted by molar-refractivity contribution is 5.33. The van der Waals surface area contributed by atoms with Gasteiger partial charge in [-0.25, -0.2) is 0 Å². The summed E-state index contributed by atoms with van der Waals surface area (Å²) in [6.45, 7) is 16.5. The van der Waals surface area contributed by atoms with Gasteiger partial charge in [-0.05, 0) is 32.3 Å². The molecule has 0 aliphatic heterocycles.